The summed E-state index contributed by atoms with van der Waals surface area (Å²) in [6.07, 6.45) is 1.20. The van der Waals surface area contributed by atoms with Gasteiger partial charge in [-0.1, -0.05) is 41.9 Å². The van der Waals surface area contributed by atoms with Crippen LogP contribution < -0.4 is 0 Å². The summed E-state index contributed by atoms with van der Waals surface area (Å²) in [5.74, 6) is 0.668. The molecule has 66 valence electrons. The van der Waals surface area contributed by atoms with E-state index in [2.05, 4.69) is 54.9 Å². The van der Waals surface area contributed by atoms with Gasteiger partial charge in [0.2, 0.25) is 0 Å². The second-order valence-electron chi connectivity index (χ2n) is 3.32. The predicted molar refractivity (Wildman–Crippen MR) is 57.6 cm³/mol. The van der Waals surface area contributed by atoms with Crippen LogP contribution in [0.5, 0.6) is 0 Å². The second-order valence-corrected chi connectivity index (χ2v) is 4.17. The molecule has 12 heavy (non-hydrogen) atoms. The van der Waals surface area contributed by atoms with Gasteiger partial charge in [-0.3, -0.25) is 0 Å². The van der Waals surface area contributed by atoms with Gasteiger partial charge in [-0.05, 0) is 36.5 Å². The molecule has 1 rings (SSSR count). The molecule has 0 saturated carbocycles. The summed E-state index contributed by atoms with van der Waals surface area (Å²) in [5.41, 5.74) is 2.73. The molecule has 1 heteroatoms. The number of benzene rings is 1. The van der Waals surface area contributed by atoms with Crippen molar-refractivity contribution in [2.75, 3.05) is 0 Å². The van der Waals surface area contributed by atoms with Crippen LogP contribution in [0.1, 0.15) is 37.3 Å². The summed E-state index contributed by atoms with van der Waals surface area (Å²) in [6, 6.07) is 6.61. The lowest BCUT2D eigenvalue weighted by Crippen LogP contribution is -1.91. The molecule has 1 unspecified atom stereocenters. The maximum atomic E-state index is 3.54. The number of halogens is 1. The maximum Gasteiger partial charge on any atom is 0.0207 e. The molecule has 1 aromatic rings. The van der Waals surface area contributed by atoms with Gasteiger partial charge < -0.3 is 0 Å². The monoisotopic (exact) mass is 226 g/mol. The molecule has 0 aliphatic carbocycles. The highest BCUT2D eigenvalue weighted by molar-refractivity contribution is 9.10. The lowest BCUT2D eigenvalue weighted by Gasteiger charge is -2.09. The topological polar surface area (TPSA) is 0 Å². The molecule has 0 aliphatic heterocycles. The zero-order valence-corrected chi connectivity index (χ0v) is 9.48. The standard InChI is InChI=1S/C11H15Br/c1-4-8(2)10-6-5-9(3)11(12)7-10/h5-8H,4H2,1-3H3. The molecule has 0 radical (unpaired) electrons. The molecule has 0 N–H and O–H groups in total. The summed E-state index contributed by atoms with van der Waals surface area (Å²) in [4.78, 5) is 0. The number of rotatable bonds is 2. The first-order valence-electron chi connectivity index (χ1n) is 4.41. The summed E-state index contributed by atoms with van der Waals surface area (Å²) in [7, 11) is 0. The fourth-order valence-electron chi connectivity index (χ4n) is 1.15. The van der Waals surface area contributed by atoms with Gasteiger partial charge in [0.15, 0.2) is 0 Å². The van der Waals surface area contributed by atoms with E-state index < -0.39 is 0 Å². The van der Waals surface area contributed by atoms with Gasteiger partial charge in [0.05, 0.1) is 0 Å². The van der Waals surface area contributed by atoms with E-state index in [1.807, 2.05) is 0 Å². The van der Waals surface area contributed by atoms with Crippen molar-refractivity contribution in [3.8, 4) is 0 Å². The van der Waals surface area contributed by atoms with Crippen LogP contribution in [0.25, 0.3) is 0 Å². The lowest BCUT2D eigenvalue weighted by atomic mass is 9.98. The zero-order valence-electron chi connectivity index (χ0n) is 7.89. The summed E-state index contributed by atoms with van der Waals surface area (Å²) >= 11 is 3.54. The van der Waals surface area contributed by atoms with Gasteiger partial charge in [-0.25, -0.2) is 0 Å². The normalized spacial score (nSPS) is 13.0. The first-order valence-corrected chi connectivity index (χ1v) is 5.20. The third-order valence-corrected chi connectivity index (χ3v) is 3.23. The quantitative estimate of drug-likeness (QED) is 0.707. The van der Waals surface area contributed by atoms with E-state index in [1.54, 1.807) is 0 Å². The molecule has 0 fully saturated rings. The Labute approximate surface area is 83.1 Å². The third kappa shape index (κ3) is 2.10. The number of aryl methyl sites for hydroxylation is 1. The minimum Gasteiger partial charge on any atom is -0.0648 e. The van der Waals surface area contributed by atoms with Gasteiger partial charge >= 0.3 is 0 Å². The first-order chi connectivity index (χ1) is 5.65. The fraction of sp³-hybridized carbons (Fsp3) is 0.455. The van der Waals surface area contributed by atoms with Crippen molar-refractivity contribution in [2.24, 2.45) is 0 Å². The van der Waals surface area contributed by atoms with Gasteiger partial charge in [0.1, 0.15) is 0 Å². The van der Waals surface area contributed by atoms with Crippen molar-refractivity contribution in [3.63, 3.8) is 0 Å². The van der Waals surface area contributed by atoms with Gasteiger partial charge in [-0.2, -0.15) is 0 Å². The molecule has 1 atom stereocenters. The lowest BCUT2D eigenvalue weighted by molar-refractivity contribution is 0.733. The smallest absolute Gasteiger partial charge is 0.0207 e. The zero-order chi connectivity index (χ0) is 9.14. The van der Waals surface area contributed by atoms with Crippen LogP contribution in [-0.4, -0.2) is 0 Å². The van der Waals surface area contributed by atoms with Gasteiger partial charge in [0.25, 0.3) is 0 Å². The molecule has 0 aliphatic rings. The van der Waals surface area contributed by atoms with E-state index in [4.69, 9.17) is 0 Å². The van der Waals surface area contributed by atoms with E-state index >= 15 is 0 Å². The van der Waals surface area contributed by atoms with Crippen molar-refractivity contribution in [3.05, 3.63) is 33.8 Å². The van der Waals surface area contributed by atoms with Crippen molar-refractivity contribution in [2.45, 2.75) is 33.1 Å². The largest absolute Gasteiger partial charge is 0.0648 e. The Morgan fingerprint density at radius 1 is 1.42 bits per heavy atom. The second kappa shape index (κ2) is 4.08. The molecule has 0 nitrogen and oxygen atoms in total. The molecular weight excluding hydrogens is 212 g/mol. The Morgan fingerprint density at radius 2 is 2.08 bits per heavy atom. The van der Waals surface area contributed by atoms with E-state index in [-0.39, 0.29) is 0 Å². The van der Waals surface area contributed by atoms with E-state index in [1.165, 1.54) is 22.0 Å². The average molecular weight is 227 g/mol. The van der Waals surface area contributed by atoms with Crippen molar-refractivity contribution in [1.82, 2.24) is 0 Å². The Morgan fingerprint density at radius 3 is 2.58 bits per heavy atom. The predicted octanol–water partition coefficient (Wildman–Crippen LogP) is 4.27. The van der Waals surface area contributed by atoms with Crippen LogP contribution in [0.3, 0.4) is 0 Å². The van der Waals surface area contributed by atoms with E-state index in [9.17, 15) is 0 Å². The molecule has 1 aromatic carbocycles. The highest BCUT2D eigenvalue weighted by atomic mass is 79.9. The third-order valence-electron chi connectivity index (χ3n) is 2.38. The van der Waals surface area contributed by atoms with Crippen LogP contribution in [0, 0.1) is 6.92 Å². The van der Waals surface area contributed by atoms with Crippen molar-refractivity contribution in [1.29, 1.82) is 0 Å². The van der Waals surface area contributed by atoms with E-state index in [0.717, 1.165) is 0 Å². The van der Waals surface area contributed by atoms with Crippen molar-refractivity contribution >= 4 is 15.9 Å². The van der Waals surface area contributed by atoms with Crippen LogP contribution in [0.15, 0.2) is 22.7 Å². The molecule has 0 spiro atoms. The van der Waals surface area contributed by atoms with Gasteiger partial charge in [0, 0.05) is 4.47 Å². The highest BCUT2D eigenvalue weighted by Crippen LogP contribution is 2.24. The average Bonchev–Trinajstić information content (AvgIpc) is 2.08. The number of hydrogen-bond donors (Lipinski definition) is 0. The van der Waals surface area contributed by atoms with E-state index in [0.29, 0.717) is 5.92 Å². The fourth-order valence-corrected chi connectivity index (χ4v) is 1.55. The molecule has 0 amide bonds. The van der Waals surface area contributed by atoms with Gasteiger partial charge in [-0.15, -0.1) is 0 Å². The van der Waals surface area contributed by atoms with Crippen molar-refractivity contribution < 1.29 is 0 Å². The van der Waals surface area contributed by atoms with Crippen LogP contribution >= 0.6 is 15.9 Å². The highest BCUT2D eigenvalue weighted by Gasteiger charge is 2.03. The Bertz CT molecular complexity index is 266. The summed E-state index contributed by atoms with van der Waals surface area (Å²) in [6.45, 7) is 6.60. The Hall–Kier alpha value is -0.300. The Kier molecular flexibility index (Phi) is 3.33. The SMILES string of the molecule is CCC(C)c1ccc(C)c(Br)c1. The summed E-state index contributed by atoms with van der Waals surface area (Å²) < 4.78 is 1.22. The first kappa shape index (κ1) is 9.79. The minimum atomic E-state index is 0.668. The molecule has 0 saturated heterocycles. The summed E-state index contributed by atoms with van der Waals surface area (Å²) in [5, 5.41) is 0. The molecule has 0 heterocycles. The number of hydrogen-bond acceptors (Lipinski definition) is 0. The molecule has 0 aromatic heterocycles. The Balaban J connectivity index is 2.96. The van der Waals surface area contributed by atoms with Crippen LogP contribution in [0.4, 0.5) is 0 Å². The maximum absolute atomic E-state index is 3.54. The van der Waals surface area contributed by atoms with Crippen LogP contribution in [0.2, 0.25) is 0 Å². The molecule has 0 bridgehead atoms. The van der Waals surface area contributed by atoms with Crippen LogP contribution in [-0.2, 0) is 0 Å². The minimum absolute atomic E-state index is 0.668. The molecular formula is C11H15Br.